The second-order valence-electron chi connectivity index (χ2n) is 13.1. The number of nitrogens with one attached hydrogen (secondary N) is 2. The van der Waals surface area contributed by atoms with Gasteiger partial charge in [0, 0.05) is 49.1 Å². The summed E-state index contributed by atoms with van der Waals surface area (Å²) in [4.78, 5) is 7.50. The van der Waals surface area contributed by atoms with Gasteiger partial charge < -0.3 is 9.97 Å². The fourth-order valence-corrected chi connectivity index (χ4v) is 8.35. The molecule has 43 heavy (non-hydrogen) atoms. The normalized spacial score (nSPS) is 16.5. The maximum absolute atomic E-state index is 4.52. The van der Waals surface area contributed by atoms with Crippen LogP contribution >= 0.6 is 0 Å². The highest BCUT2D eigenvalue weighted by Gasteiger charge is 2.35. The number of aromatic amines is 2. The van der Waals surface area contributed by atoms with E-state index in [0.29, 0.717) is 0 Å². The van der Waals surface area contributed by atoms with Crippen molar-refractivity contribution < 1.29 is 0 Å². The predicted molar refractivity (Wildman–Crippen MR) is 182 cm³/mol. The molecule has 3 aliphatic rings. The average molecular weight is 551 g/mol. The minimum absolute atomic E-state index is 0.00408. The van der Waals surface area contributed by atoms with Crippen molar-refractivity contribution in [2.75, 3.05) is 0 Å². The second kappa shape index (κ2) is 7.85. The predicted octanol–water partition coefficient (Wildman–Crippen LogP) is 11.1. The highest BCUT2D eigenvalue weighted by atomic mass is 14.7. The molecule has 0 bridgehead atoms. The molecule has 7 aromatic rings. The monoisotopic (exact) mass is 550 g/mol. The Labute approximate surface area is 250 Å². The molecular formula is C41H30N2. The molecule has 0 amide bonds. The van der Waals surface area contributed by atoms with Gasteiger partial charge in [0.05, 0.1) is 5.52 Å². The van der Waals surface area contributed by atoms with Gasteiger partial charge in [0.25, 0.3) is 0 Å². The van der Waals surface area contributed by atoms with E-state index in [1.165, 1.54) is 99.3 Å². The molecule has 0 saturated heterocycles. The molecule has 204 valence electrons. The summed E-state index contributed by atoms with van der Waals surface area (Å²) in [6.45, 7) is 9.21. The zero-order chi connectivity index (χ0) is 28.6. The zero-order valence-corrected chi connectivity index (χ0v) is 24.4. The molecule has 0 saturated carbocycles. The number of H-pyrrole nitrogens is 2. The van der Waals surface area contributed by atoms with Gasteiger partial charge in [0.15, 0.2) is 0 Å². The van der Waals surface area contributed by atoms with Crippen LogP contribution in [0.4, 0.5) is 0 Å². The van der Waals surface area contributed by atoms with E-state index < -0.39 is 0 Å². The molecular weight excluding hydrogens is 520 g/mol. The zero-order valence-electron chi connectivity index (χ0n) is 24.4. The van der Waals surface area contributed by atoms with Gasteiger partial charge in [-0.2, -0.15) is 0 Å². The van der Waals surface area contributed by atoms with Crippen LogP contribution in [0.15, 0.2) is 109 Å². The van der Waals surface area contributed by atoms with Gasteiger partial charge in [-0.05, 0) is 105 Å². The Morgan fingerprint density at radius 3 is 2.23 bits per heavy atom. The van der Waals surface area contributed by atoms with Crippen LogP contribution in [0.1, 0.15) is 48.9 Å². The number of hydrogen-bond donors (Lipinski definition) is 2. The van der Waals surface area contributed by atoms with Crippen molar-refractivity contribution in [3.63, 3.8) is 0 Å². The molecule has 2 N–H and O–H groups in total. The van der Waals surface area contributed by atoms with E-state index in [-0.39, 0.29) is 5.41 Å². The van der Waals surface area contributed by atoms with Crippen molar-refractivity contribution in [2.45, 2.75) is 32.1 Å². The molecule has 2 aromatic heterocycles. The summed E-state index contributed by atoms with van der Waals surface area (Å²) < 4.78 is 0. The van der Waals surface area contributed by atoms with Gasteiger partial charge in [0.2, 0.25) is 0 Å². The van der Waals surface area contributed by atoms with Crippen molar-refractivity contribution >= 4 is 54.8 Å². The highest BCUT2D eigenvalue weighted by Crippen LogP contribution is 2.51. The third kappa shape index (κ3) is 2.93. The van der Waals surface area contributed by atoms with E-state index in [1.807, 2.05) is 0 Å². The summed E-state index contributed by atoms with van der Waals surface area (Å²) in [6, 6.07) is 32.0. The first kappa shape index (κ1) is 23.5. The fourth-order valence-electron chi connectivity index (χ4n) is 8.35. The Kier molecular flexibility index (Phi) is 4.28. The van der Waals surface area contributed by atoms with Crippen molar-refractivity contribution in [3.05, 3.63) is 131 Å². The first-order valence-corrected chi connectivity index (χ1v) is 15.4. The number of hydrogen-bond acceptors (Lipinski definition) is 0. The van der Waals surface area contributed by atoms with Crippen molar-refractivity contribution in [3.8, 4) is 22.3 Å². The van der Waals surface area contributed by atoms with Crippen molar-refractivity contribution in [2.24, 2.45) is 0 Å². The topological polar surface area (TPSA) is 31.6 Å². The lowest BCUT2D eigenvalue weighted by atomic mass is 9.82. The molecule has 0 atom stereocenters. The van der Waals surface area contributed by atoms with Crippen LogP contribution < -0.4 is 0 Å². The standard InChI is InChI=1S/C41H30N2/c1-22-25-8-4-5-9-26(25)28-14-15-29-31-18-23(13-17-37(31)43-40(29)39(22)28)24-12-16-36-32(19-24)33-20-30-27-10-6-7-11-34(27)41(2,3)35(30)21-38(33)42-36/h4,6-8,10-21,42-43H,1,5,9H2,2-3H3. The van der Waals surface area contributed by atoms with E-state index in [4.69, 9.17) is 0 Å². The summed E-state index contributed by atoms with van der Waals surface area (Å²) >= 11 is 0. The maximum Gasteiger partial charge on any atom is 0.0550 e. The van der Waals surface area contributed by atoms with E-state index in [0.717, 1.165) is 18.4 Å². The summed E-state index contributed by atoms with van der Waals surface area (Å²) in [5, 5.41) is 5.09. The van der Waals surface area contributed by atoms with Gasteiger partial charge in [-0.25, -0.2) is 0 Å². The van der Waals surface area contributed by atoms with Crippen LogP contribution in [0.2, 0.25) is 0 Å². The van der Waals surface area contributed by atoms with Crippen molar-refractivity contribution in [1.82, 2.24) is 9.97 Å². The number of allylic oxidation sites excluding steroid dienone is 5. The van der Waals surface area contributed by atoms with Gasteiger partial charge >= 0.3 is 0 Å². The molecule has 2 nitrogen and oxygen atoms in total. The third-order valence-electron chi connectivity index (χ3n) is 10.5. The van der Waals surface area contributed by atoms with Crippen LogP contribution in [0.5, 0.6) is 0 Å². The van der Waals surface area contributed by atoms with Gasteiger partial charge in [-0.15, -0.1) is 0 Å². The fraction of sp³-hybridized carbons (Fsp3) is 0.122. The van der Waals surface area contributed by atoms with Gasteiger partial charge in [-0.3, -0.25) is 0 Å². The Bertz CT molecular complexity index is 2490. The minimum atomic E-state index is -0.00408. The van der Waals surface area contributed by atoms with E-state index in [1.54, 1.807) is 0 Å². The molecule has 0 fully saturated rings. The number of fused-ring (bicyclic) bond motifs is 12. The second-order valence-corrected chi connectivity index (χ2v) is 13.1. The first-order valence-electron chi connectivity index (χ1n) is 15.4. The van der Waals surface area contributed by atoms with Crippen LogP contribution in [-0.4, -0.2) is 9.97 Å². The Balaban J connectivity index is 1.13. The van der Waals surface area contributed by atoms with Crippen molar-refractivity contribution in [1.29, 1.82) is 0 Å². The molecule has 2 heteroatoms. The SMILES string of the molecule is C=C1C2=C(CCC=C2)c2ccc3c([nH]c4ccc(-c5ccc6[nH]c7cc8c(cc7c6c5)-c5ccccc5C8(C)C)cc43)c21. The minimum Gasteiger partial charge on any atom is -0.355 e. The lowest BCUT2D eigenvalue weighted by Gasteiger charge is -2.21. The largest absolute Gasteiger partial charge is 0.355 e. The molecule has 0 aliphatic heterocycles. The van der Waals surface area contributed by atoms with E-state index >= 15 is 0 Å². The molecule has 0 unspecified atom stereocenters. The van der Waals surface area contributed by atoms with Crippen LogP contribution in [0.25, 0.3) is 77.0 Å². The Morgan fingerprint density at radius 2 is 1.40 bits per heavy atom. The quantitative estimate of drug-likeness (QED) is 0.204. The molecule has 3 aliphatic carbocycles. The molecule has 5 aromatic carbocycles. The summed E-state index contributed by atoms with van der Waals surface area (Å²) in [5.74, 6) is 0. The summed E-state index contributed by atoms with van der Waals surface area (Å²) in [5.41, 5.74) is 19.3. The van der Waals surface area contributed by atoms with Crippen LogP contribution in [0, 0.1) is 0 Å². The molecule has 0 spiro atoms. The third-order valence-corrected chi connectivity index (χ3v) is 10.5. The summed E-state index contributed by atoms with van der Waals surface area (Å²) in [6.07, 6.45) is 6.75. The smallest absolute Gasteiger partial charge is 0.0550 e. The lowest BCUT2D eigenvalue weighted by molar-refractivity contribution is 0.661. The Morgan fingerprint density at radius 1 is 0.651 bits per heavy atom. The molecule has 2 heterocycles. The Hall–Kier alpha value is -5.08. The van der Waals surface area contributed by atoms with Crippen LogP contribution in [-0.2, 0) is 5.41 Å². The average Bonchev–Trinajstić information content (AvgIpc) is 3.73. The van der Waals surface area contributed by atoms with E-state index in [9.17, 15) is 0 Å². The molecule has 10 rings (SSSR count). The highest BCUT2D eigenvalue weighted by molar-refractivity contribution is 6.17. The van der Waals surface area contributed by atoms with Crippen LogP contribution in [0.3, 0.4) is 0 Å². The lowest BCUT2D eigenvalue weighted by Crippen LogP contribution is -2.14. The number of rotatable bonds is 1. The molecule has 0 radical (unpaired) electrons. The van der Waals surface area contributed by atoms with Gasteiger partial charge in [-0.1, -0.05) is 81.1 Å². The summed E-state index contributed by atoms with van der Waals surface area (Å²) in [7, 11) is 0. The van der Waals surface area contributed by atoms with Gasteiger partial charge in [0.1, 0.15) is 0 Å². The number of aromatic nitrogens is 2. The maximum atomic E-state index is 4.52. The number of benzene rings is 5. The van der Waals surface area contributed by atoms with E-state index in [2.05, 4.69) is 127 Å². The first-order chi connectivity index (χ1) is 21.0.